The predicted octanol–water partition coefficient (Wildman–Crippen LogP) is 3.67. The molecule has 0 aliphatic heterocycles. The van der Waals surface area contributed by atoms with E-state index >= 15 is 0 Å². The van der Waals surface area contributed by atoms with Crippen molar-refractivity contribution in [2.24, 2.45) is 0 Å². The lowest BCUT2D eigenvalue weighted by Gasteiger charge is -2.01. The summed E-state index contributed by atoms with van der Waals surface area (Å²) in [6, 6.07) is 15.9. The largest absolute Gasteiger partial charge is 0.497 e. The molecule has 24 heavy (non-hydrogen) atoms. The number of aromatic amines is 1. The minimum atomic E-state index is 0.581. The van der Waals surface area contributed by atoms with Crippen molar-refractivity contribution in [1.82, 2.24) is 25.6 Å². The van der Waals surface area contributed by atoms with Gasteiger partial charge in [-0.3, -0.25) is 0 Å². The van der Waals surface area contributed by atoms with E-state index in [1.807, 2.05) is 48.5 Å². The number of methoxy groups -OCH3 is 1. The molecule has 7 heteroatoms. The number of ether oxygens (including phenoxy) is 1. The molecule has 0 aliphatic rings. The molecule has 118 valence electrons. The highest BCUT2D eigenvalue weighted by atomic mass is 32.1. The average molecular weight is 335 g/mol. The lowest BCUT2D eigenvalue weighted by Crippen LogP contribution is -1.84. The number of benzene rings is 2. The molecule has 0 atom stereocenters. The first-order valence-electron chi connectivity index (χ1n) is 7.28. The van der Waals surface area contributed by atoms with Gasteiger partial charge in [0.1, 0.15) is 10.8 Å². The number of nitrogens with zero attached hydrogens (tertiary/aromatic N) is 4. The summed E-state index contributed by atoms with van der Waals surface area (Å²) in [6.45, 7) is 0. The van der Waals surface area contributed by atoms with Crippen LogP contribution < -0.4 is 4.74 Å². The number of tetrazole rings is 1. The summed E-state index contributed by atoms with van der Waals surface area (Å²) in [5.74, 6) is 1.41. The van der Waals surface area contributed by atoms with E-state index in [1.54, 1.807) is 18.4 Å². The average Bonchev–Trinajstić information content (AvgIpc) is 3.34. The summed E-state index contributed by atoms with van der Waals surface area (Å²) in [7, 11) is 1.66. The van der Waals surface area contributed by atoms with Gasteiger partial charge in [0.15, 0.2) is 0 Å². The second kappa shape index (κ2) is 6.21. The van der Waals surface area contributed by atoms with Gasteiger partial charge in [-0.1, -0.05) is 36.4 Å². The van der Waals surface area contributed by atoms with E-state index in [4.69, 9.17) is 9.72 Å². The lowest BCUT2D eigenvalue weighted by atomic mass is 10.1. The van der Waals surface area contributed by atoms with E-state index in [1.165, 1.54) is 0 Å². The van der Waals surface area contributed by atoms with Gasteiger partial charge in [0.05, 0.1) is 12.8 Å². The van der Waals surface area contributed by atoms with Gasteiger partial charge in [-0.15, -0.1) is 21.5 Å². The third-order valence-electron chi connectivity index (χ3n) is 3.61. The van der Waals surface area contributed by atoms with Gasteiger partial charge < -0.3 is 4.74 Å². The monoisotopic (exact) mass is 335 g/mol. The van der Waals surface area contributed by atoms with Crippen molar-refractivity contribution < 1.29 is 4.74 Å². The third-order valence-corrected chi connectivity index (χ3v) is 4.50. The molecule has 0 bridgehead atoms. The summed E-state index contributed by atoms with van der Waals surface area (Å²) < 4.78 is 5.27. The number of H-pyrrole nitrogens is 1. The highest BCUT2D eigenvalue weighted by Crippen LogP contribution is 2.31. The summed E-state index contributed by atoms with van der Waals surface area (Å²) >= 11 is 1.61. The fourth-order valence-electron chi connectivity index (χ4n) is 2.37. The highest BCUT2D eigenvalue weighted by Gasteiger charge is 2.09. The van der Waals surface area contributed by atoms with E-state index in [0.717, 1.165) is 33.1 Å². The van der Waals surface area contributed by atoms with Crippen LogP contribution in [-0.2, 0) is 0 Å². The molecule has 0 saturated carbocycles. The quantitative estimate of drug-likeness (QED) is 0.616. The van der Waals surface area contributed by atoms with Crippen LogP contribution in [0.1, 0.15) is 0 Å². The van der Waals surface area contributed by atoms with Crippen LogP contribution in [0.4, 0.5) is 0 Å². The molecule has 0 fully saturated rings. The minimum absolute atomic E-state index is 0.581. The number of hydrogen-bond donors (Lipinski definition) is 1. The Labute approximate surface area is 142 Å². The van der Waals surface area contributed by atoms with Crippen LogP contribution in [0.25, 0.3) is 33.2 Å². The Morgan fingerprint density at radius 3 is 2.58 bits per heavy atom. The Kier molecular flexibility index (Phi) is 3.76. The molecule has 1 N–H and O–H groups in total. The van der Waals surface area contributed by atoms with Crippen molar-refractivity contribution >= 4 is 11.3 Å². The maximum Gasteiger partial charge on any atom is 0.204 e. The Morgan fingerprint density at radius 1 is 1.00 bits per heavy atom. The maximum atomic E-state index is 5.27. The zero-order chi connectivity index (χ0) is 16.4. The van der Waals surface area contributed by atoms with Crippen LogP contribution in [0.5, 0.6) is 5.75 Å². The molecule has 2 heterocycles. The van der Waals surface area contributed by atoms with E-state index in [0.29, 0.717) is 5.82 Å². The Balaban J connectivity index is 1.62. The molecule has 0 saturated heterocycles. The molecule has 2 aromatic carbocycles. The highest BCUT2D eigenvalue weighted by molar-refractivity contribution is 7.13. The first-order chi connectivity index (χ1) is 11.8. The molecule has 0 aliphatic carbocycles. The summed E-state index contributed by atoms with van der Waals surface area (Å²) in [4.78, 5) is 4.73. The van der Waals surface area contributed by atoms with Crippen molar-refractivity contribution in [3.8, 4) is 39.0 Å². The molecular formula is C17H13N5OS. The van der Waals surface area contributed by atoms with Crippen molar-refractivity contribution in [3.05, 3.63) is 53.9 Å². The maximum absolute atomic E-state index is 5.27. The van der Waals surface area contributed by atoms with Gasteiger partial charge in [-0.2, -0.15) is 5.21 Å². The Hall–Kier alpha value is -3.06. The van der Waals surface area contributed by atoms with E-state index < -0.39 is 0 Å². The van der Waals surface area contributed by atoms with E-state index in [-0.39, 0.29) is 0 Å². The molecule has 0 amide bonds. The van der Waals surface area contributed by atoms with Gasteiger partial charge in [-0.25, -0.2) is 4.98 Å². The number of rotatable bonds is 4. The molecular weight excluding hydrogens is 322 g/mol. The molecule has 4 rings (SSSR count). The van der Waals surface area contributed by atoms with Crippen LogP contribution in [-0.4, -0.2) is 32.7 Å². The normalized spacial score (nSPS) is 10.7. The summed E-state index contributed by atoms with van der Waals surface area (Å²) in [5.41, 5.74) is 3.95. The molecule has 0 unspecified atom stereocenters. The van der Waals surface area contributed by atoms with E-state index in [2.05, 4.69) is 26.0 Å². The topological polar surface area (TPSA) is 76.6 Å². The first-order valence-corrected chi connectivity index (χ1v) is 8.15. The Bertz CT molecular complexity index is 947. The molecule has 4 aromatic rings. The molecule has 0 spiro atoms. The fourth-order valence-corrected chi connectivity index (χ4v) is 3.20. The van der Waals surface area contributed by atoms with Gasteiger partial charge in [0.2, 0.25) is 5.82 Å². The molecule has 2 aromatic heterocycles. The van der Waals surface area contributed by atoms with Crippen LogP contribution in [0.2, 0.25) is 0 Å². The van der Waals surface area contributed by atoms with Crippen molar-refractivity contribution in [2.45, 2.75) is 0 Å². The minimum Gasteiger partial charge on any atom is -0.497 e. The van der Waals surface area contributed by atoms with Crippen LogP contribution in [0.3, 0.4) is 0 Å². The van der Waals surface area contributed by atoms with E-state index in [9.17, 15) is 0 Å². The standard InChI is InChI=1S/C17H13N5OS/c1-23-14-4-2-3-13(9-14)15-10-24-17(18-15)12-7-5-11(6-8-12)16-19-21-22-20-16/h2-10H,1H3,(H,19,20,21,22). The van der Waals surface area contributed by atoms with Gasteiger partial charge in [0.25, 0.3) is 0 Å². The third kappa shape index (κ3) is 2.77. The smallest absolute Gasteiger partial charge is 0.204 e. The van der Waals surface area contributed by atoms with Crippen LogP contribution in [0.15, 0.2) is 53.9 Å². The number of hydrogen-bond acceptors (Lipinski definition) is 6. The SMILES string of the molecule is COc1cccc(-c2csc(-c3ccc(-c4nn[nH]n4)cc3)n2)c1. The zero-order valence-corrected chi connectivity index (χ0v) is 13.6. The number of aromatic nitrogens is 5. The first kappa shape index (κ1) is 14.5. The number of thiazole rings is 1. The second-order valence-electron chi connectivity index (χ2n) is 5.08. The molecule has 6 nitrogen and oxygen atoms in total. The van der Waals surface area contributed by atoms with Gasteiger partial charge in [-0.05, 0) is 17.3 Å². The van der Waals surface area contributed by atoms with Crippen LogP contribution >= 0.6 is 11.3 Å². The second-order valence-corrected chi connectivity index (χ2v) is 5.94. The predicted molar refractivity (Wildman–Crippen MR) is 92.7 cm³/mol. The van der Waals surface area contributed by atoms with Crippen LogP contribution in [0, 0.1) is 0 Å². The Morgan fingerprint density at radius 2 is 1.83 bits per heavy atom. The summed E-state index contributed by atoms with van der Waals surface area (Å²) in [6.07, 6.45) is 0. The fraction of sp³-hybridized carbons (Fsp3) is 0.0588. The van der Waals surface area contributed by atoms with Crippen molar-refractivity contribution in [1.29, 1.82) is 0 Å². The molecule has 0 radical (unpaired) electrons. The van der Waals surface area contributed by atoms with Gasteiger partial charge in [0, 0.05) is 22.1 Å². The van der Waals surface area contributed by atoms with Crippen molar-refractivity contribution in [3.63, 3.8) is 0 Å². The van der Waals surface area contributed by atoms with Gasteiger partial charge >= 0.3 is 0 Å². The zero-order valence-electron chi connectivity index (χ0n) is 12.8. The summed E-state index contributed by atoms with van der Waals surface area (Å²) in [5, 5.41) is 17.0. The van der Waals surface area contributed by atoms with Crippen molar-refractivity contribution in [2.75, 3.05) is 7.11 Å². The number of nitrogens with one attached hydrogen (secondary N) is 1. The lowest BCUT2D eigenvalue weighted by molar-refractivity contribution is 0.415.